The molecular formula is C32H38N4O6. The molecule has 4 aromatic rings. The number of benzene rings is 2. The fourth-order valence-corrected chi connectivity index (χ4v) is 4.93. The van der Waals surface area contributed by atoms with Crippen LogP contribution in [0.3, 0.4) is 0 Å². The van der Waals surface area contributed by atoms with Gasteiger partial charge >= 0.3 is 11.7 Å². The summed E-state index contributed by atoms with van der Waals surface area (Å²) >= 11 is 0. The molecule has 2 aromatic heterocycles. The number of carbonyl (C=O) groups is 1. The summed E-state index contributed by atoms with van der Waals surface area (Å²) in [5.41, 5.74) is 4.22. The summed E-state index contributed by atoms with van der Waals surface area (Å²) in [7, 11) is 1.54. The average Bonchev–Trinajstić information content (AvgIpc) is 3.41. The van der Waals surface area contributed by atoms with Crippen molar-refractivity contribution < 1.29 is 18.8 Å². The highest BCUT2D eigenvalue weighted by Gasteiger charge is 2.22. The molecule has 10 heteroatoms. The Bertz CT molecular complexity index is 1620. The summed E-state index contributed by atoms with van der Waals surface area (Å²) in [5.74, 6) is -0.0742. The van der Waals surface area contributed by atoms with Crippen molar-refractivity contribution in [1.82, 2.24) is 19.7 Å². The van der Waals surface area contributed by atoms with E-state index in [0.717, 1.165) is 35.1 Å². The number of unbranched alkanes of at least 4 members (excludes halogenated alkanes) is 1. The first-order valence-electron chi connectivity index (χ1n) is 14.3. The van der Waals surface area contributed by atoms with Crippen molar-refractivity contribution in [3.63, 3.8) is 0 Å². The number of hydrogen-bond acceptors (Lipinski definition) is 8. The normalized spacial score (nSPS) is 12.0. The summed E-state index contributed by atoms with van der Waals surface area (Å²) < 4.78 is 16.9. The molecule has 1 atom stereocenters. The van der Waals surface area contributed by atoms with Gasteiger partial charge in [-0.25, -0.2) is 9.78 Å². The second-order valence-electron chi connectivity index (χ2n) is 10.7. The Morgan fingerprint density at radius 2 is 1.76 bits per heavy atom. The lowest BCUT2D eigenvalue weighted by Gasteiger charge is -2.19. The number of rotatable bonds is 13. The summed E-state index contributed by atoms with van der Waals surface area (Å²) in [6, 6.07) is 15.4. The molecule has 1 unspecified atom stereocenters. The maximum absolute atomic E-state index is 14.0. The van der Waals surface area contributed by atoms with Crippen LogP contribution in [0.5, 0.6) is 0 Å². The molecule has 4 rings (SSSR count). The molecule has 222 valence electrons. The van der Waals surface area contributed by atoms with Gasteiger partial charge in [0, 0.05) is 19.1 Å². The highest BCUT2D eigenvalue weighted by atomic mass is 16.6. The van der Waals surface area contributed by atoms with Crippen LogP contribution < -0.4 is 11.3 Å². The van der Waals surface area contributed by atoms with Gasteiger partial charge < -0.3 is 9.47 Å². The Hall–Kier alpha value is -4.31. The SMILES string of the molecule is CCCCc1nc(C(C)C)c(CC(=O)OC(C)COC)c(=O)n1Cc1ccc(-c2ccccc2-c2noc(=O)[nH]2)cc1. The molecule has 2 aromatic carbocycles. The lowest BCUT2D eigenvalue weighted by atomic mass is 9.98. The summed E-state index contributed by atoms with van der Waals surface area (Å²) in [4.78, 5) is 45.8. The van der Waals surface area contributed by atoms with E-state index in [-0.39, 0.29) is 24.5 Å². The number of esters is 1. The van der Waals surface area contributed by atoms with Crippen LogP contribution >= 0.6 is 0 Å². The van der Waals surface area contributed by atoms with Crippen molar-refractivity contribution in [2.75, 3.05) is 13.7 Å². The summed E-state index contributed by atoms with van der Waals surface area (Å²) in [5, 5.41) is 3.84. The highest BCUT2D eigenvalue weighted by molar-refractivity contribution is 5.80. The molecule has 0 saturated carbocycles. The van der Waals surface area contributed by atoms with Gasteiger partial charge in [-0.1, -0.05) is 80.9 Å². The second-order valence-corrected chi connectivity index (χ2v) is 10.7. The predicted octanol–water partition coefficient (Wildman–Crippen LogP) is 4.89. The van der Waals surface area contributed by atoms with E-state index >= 15 is 0 Å². The Morgan fingerprint density at radius 1 is 1.05 bits per heavy atom. The van der Waals surface area contributed by atoms with E-state index in [1.165, 1.54) is 0 Å². The minimum absolute atomic E-state index is 0.0362. The van der Waals surface area contributed by atoms with Crippen molar-refractivity contribution in [3.05, 3.63) is 92.1 Å². The van der Waals surface area contributed by atoms with Crippen molar-refractivity contribution >= 4 is 5.97 Å². The fraction of sp³-hybridized carbons (Fsp3) is 0.406. The molecule has 0 aliphatic heterocycles. The third-order valence-electron chi connectivity index (χ3n) is 6.96. The van der Waals surface area contributed by atoms with Crippen LogP contribution in [-0.2, 0) is 33.7 Å². The van der Waals surface area contributed by atoms with Crippen LogP contribution in [0.2, 0.25) is 0 Å². The number of nitrogens with zero attached hydrogens (tertiary/aromatic N) is 3. The molecule has 42 heavy (non-hydrogen) atoms. The van der Waals surface area contributed by atoms with Gasteiger partial charge in [-0.3, -0.25) is 23.7 Å². The van der Waals surface area contributed by atoms with Crippen LogP contribution in [-0.4, -0.2) is 45.5 Å². The smallest absolute Gasteiger partial charge is 0.439 e. The predicted molar refractivity (Wildman–Crippen MR) is 159 cm³/mol. The minimum Gasteiger partial charge on any atom is -0.460 e. The first kappa shape index (κ1) is 30.6. The standard InChI is InChI=1S/C32H38N4O6/c1-6-7-12-27-33-29(20(2)3)26(17-28(37)41-21(4)19-40-5)31(38)36(27)18-22-13-15-23(16-14-22)24-10-8-9-11-25(24)30-34-32(39)42-35-30/h8-11,13-16,20-21H,6-7,12,17-19H2,1-5H3,(H,34,35,39). The van der Waals surface area contributed by atoms with Gasteiger partial charge in [0.2, 0.25) is 0 Å². The first-order valence-corrected chi connectivity index (χ1v) is 14.3. The van der Waals surface area contributed by atoms with E-state index in [4.69, 9.17) is 19.0 Å². The first-order chi connectivity index (χ1) is 20.2. The van der Waals surface area contributed by atoms with Crippen LogP contribution in [0, 0.1) is 0 Å². The average molecular weight is 575 g/mol. The van der Waals surface area contributed by atoms with Gasteiger partial charge in [-0.2, -0.15) is 0 Å². The van der Waals surface area contributed by atoms with Crippen molar-refractivity contribution in [1.29, 1.82) is 0 Å². The van der Waals surface area contributed by atoms with E-state index in [9.17, 15) is 14.4 Å². The highest BCUT2D eigenvalue weighted by Crippen LogP contribution is 2.30. The lowest BCUT2D eigenvalue weighted by molar-refractivity contribution is -0.149. The zero-order chi connectivity index (χ0) is 30.2. The number of carbonyl (C=O) groups excluding carboxylic acids is 1. The van der Waals surface area contributed by atoms with Gasteiger partial charge in [0.15, 0.2) is 5.82 Å². The number of ether oxygens (including phenoxy) is 2. The molecule has 2 heterocycles. The molecule has 10 nitrogen and oxygen atoms in total. The number of hydrogen-bond donors (Lipinski definition) is 1. The fourth-order valence-electron chi connectivity index (χ4n) is 4.93. The van der Waals surface area contributed by atoms with Gasteiger partial charge in [0.1, 0.15) is 11.9 Å². The van der Waals surface area contributed by atoms with Gasteiger partial charge in [-0.05, 0) is 36.0 Å². The van der Waals surface area contributed by atoms with E-state index in [1.54, 1.807) is 18.6 Å². The van der Waals surface area contributed by atoms with Crippen LogP contribution in [0.15, 0.2) is 62.6 Å². The summed E-state index contributed by atoms with van der Waals surface area (Å²) in [6.07, 6.45) is 1.93. The molecule has 0 saturated heterocycles. The van der Waals surface area contributed by atoms with E-state index in [1.807, 2.05) is 62.4 Å². The molecule has 0 aliphatic rings. The molecule has 0 amide bonds. The zero-order valence-corrected chi connectivity index (χ0v) is 24.8. The molecule has 0 aliphatic carbocycles. The third kappa shape index (κ3) is 7.30. The molecular weight excluding hydrogens is 536 g/mol. The van der Waals surface area contributed by atoms with Crippen LogP contribution in [0.25, 0.3) is 22.5 Å². The molecule has 1 N–H and O–H groups in total. The number of aromatic nitrogens is 4. The third-order valence-corrected chi connectivity index (χ3v) is 6.96. The number of methoxy groups -OCH3 is 1. The van der Waals surface area contributed by atoms with Gasteiger partial charge in [0.25, 0.3) is 5.56 Å². The van der Waals surface area contributed by atoms with Crippen LogP contribution in [0.4, 0.5) is 0 Å². The Balaban J connectivity index is 1.68. The van der Waals surface area contributed by atoms with E-state index < -0.39 is 17.8 Å². The van der Waals surface area contributed by atoms with Gasteiger partial charge in [0.05, 0.1) is 30.8 Å². The Morgan fingerprint density at radius 3 is 2.38 bits per heavy atom. The van der Waals surface area contributed by atoms with E-state index in [2.05, 4.69) is 17.1 Å². The van der Waals surface area contributed by atoms with Crippen molar-refractivity contribution in [2.45, 2.75) is 71.9 Å². The molecule has 0 bridgehead atoms. The maximum Gasteiger partial charge on any atom is 0.439 e. The Kier molecular flexibility index (Phi) is 10.2. The molecule has 0 fully saturated rings. The second kappa shape index (κ2) is 14.0. The minimum atomic E-state index is -0.617. The van der Waals surface area contributed by atoms with Gasteiger partial charge in [-0.15, -0.1) is 0 Å². The summed E-state index contributed by atoms with van der Waals surface area (Å²) in [6.45, 7) is 8.39. The lowest BCUT2D eigenvalue weighted by Crippen LogP contribution is -2.33. The number of aryl methyl sites for hydroxylation is 1. The topological polar surface area (TPSA) is 129 Å². The number of nitrogens with one attached hydrogen (secondary N) is 1. The van der Waals surface area contributed by atoms with Crippen LogP contribution in [0.1, 0.15) is 69.1 Å². The number of H-pyrrole nitrogens is 1. The van der Waals surface area contributed by atoms with Crippen molar-refractivity contribution in [3.8, 4) is 22.5 Å². The quantitative estimate of drug-likeness (QED) is 0.224. The van der Waals surface area contributed by atoms with E-state index in [0.29, 0.717) is 35.9 Å². The molecule has 0 spiro atoms. The molecule has 0 radical (unpaired) electrons. The van der Waals surface area contributed by atoms with Crippen molar-refractivity contribution in [2.24, 2.45) is 0 Å². The number of aromatic amines is 1. The zero-order valence-electron chi connectivity index (χ0n) is 24.8. The Labute approximate surface area is 244 Å². The maximum atomic E-state index is 14.0. The largest absolute Gasteiger partial charge is 0.460 e. The monoisotopic (exact) mass is 574 g/mol.